The molecular weight excluding hydrogens is 307 g/mol. The number of hydrogen-bond donors (Lipinski definition) is 1. The van der Waals surface area contributed by atoms with Crippen molar-refractivity contribution in [2.24, 2.45) is 0 Å². The van der Waals surface area contributed by atoms with Gasteiger partial charge in [0.1, 0.15) is 17.6 Å². The van der Waals surface area contributed by atoms with E-state index in [0.29, 0.717) is 17.9 Å². The number of halogens is 3. The summed E-state index contributed by atoms with van der Waals surface area (Å²) in [5.74, 6) is 0.326. The third kappa shape index (κ3) is 3.36. The van der Waals surface area contributed by atoms with Crippen LogP contribution in [0.4, 0.5) is 18.9 Å². The van der Waals surface area contributed by atoms with Crippen LogP contribution >= 0.6 is 0 Å². The van der Waals surface area contributed by atoms with Gasteiger partial charge in [0.05, 0.1) is 17.8 Å². The molecule has 0 fully saturated rings. The van der Waals surface area contributed by atoms with Crippen molar-refractivity contribution in [1.82, 2.24) is 0 Å². The number of hydrogen-bond acceptors (Lipinski definition) is 3. The third-order valence-corrected chi connectivity index (χ3v) is 3.69. The molecule has 23 heavy (non-hydrogen) atoms. The van der Waals surface area contributed by atoms with E-state index in [4.69, 9.17) is 4.74 Å². The van der Waals surface area contributed by atoms with Crippen molar-refractivity contribution in [3.8, 4) is 11.5 Å². The normalized spacial score (nSPS) is 17.6. The number of phenolic OH excluding ortho intramolecular Hbond substituents is 1. The molecule has 3 rings (SSSR count). The monoisotopic (exact) mass is 323 g/mol. The molecule has 2 aromatic carbocycles. The standard InChI is InChI=1S/C17H16F3NO2/c1-11-9-21(15-4-2-3-5-16(15)23-11)10-12-6-13(17(18,19)20)8-14(22)7-12/h2-8,11,22H,9-10H2,1H3. The molecule has 1 N–H and O–H groups in total. The molecule has 1 aliphatic rings. The van der Waals surface area contributed by atoms with Crippen molar-refractivity contribution < 1.29 is 23.0 Å². The minimum Gasteiger partial charge on any atom is -0.508 e. The van der Waals surface area contributed by atoms with Gasteiger partial charge in [0, 0.05) is 6.54 Å². The number of aromatic hydroxyl groups is 1. The van der Waals surface area contributed by atoms with Gasteiger partial charge in [0.15, 0.2) is 0 Å². The maximum absolute atomic E-state index is 12.9. The number of para-hydroxylation sites is 2. The lowest BCUT2D eigenvalue weighted by Crippen LogP contribution is -2.37. The second-order valence-corrected chi connectivity index (χ2v) is 5.66. The number of phenols is 1. The van der Waals surface area contributed by atoms with Crippen molar-refractivity contribution in [2.45, 2.75) is 25.7 Å². The van der Waals surface area contributed by atoms with E-state index in [1.54, 1.807) is 0 Å². The highest BCUT2D eigenvalue weighted by Crippen LogP contribution is 2.36. The van der Waals surface area contributed by atoms with E-state index in [9.17, 15) is 18.3 Å². The molecule has 0 amide bonds. The van der Waals surface area contributed by atoms with Gasteiger partial charge < -0.3 is 14.7 Å². The fourth-order valence-electron chi connectivity index (χ4n) is 2.78. The molecule has 0 bridgehead atoms. The Morgan fingerprint density at radius 1 is 1.22 bits per heavy atom. The molecule has 122 valence electrons. The highest BCUT2D eigenvalue weighted by Gasteiger charge is 2.31. The summed E-state index contributed by atoms with van der Waals surface area (Å²) < 4.78 is 44.4. The van der Waals surface area contributed by atoms with Gasteiger partial charge in [-0.2, -0.15) is 13.2 Å². The number of ether oxygens (including phenoxy) is 1. The lowest BCUT2D eigenvalue weighted by molar-refractivity contribution is -0.137. The van der Waals surface area contributed by atoms with Crippen LogP contribution in [0.5, 0.6) is 11.5 Å². The Kier molecular flexibility index (Phi) is 3.83. The Morgan fingerprint density at radius 2 is 1.96 bits per heavy atom. The maximum Gasteiger partial charge on any atom is 0.416 e. The first-order valence-electron chi connectivity index (χ1n) is 7.23. The van der Waals surface area contributed by atoms with Gasteiger partial charge >= 0.3 is 6.18 Å². The molecule has 2 aromatic rings. The molecule has 1 unspecified atom stereocenters. The van der Waals surface area contributed by atoms with Gasteiger partial charge in [-0.1, -0.05) is 12.1 Å². The van der Waals surface area contributed by atoms with E-state index in [-0.39, 0.29) is 18.4 Å². The van der Waals surface area contributed by atoms with Crippen LogP contribution < -0.4 is 9.64 Å². The van der Waals surface area contributed by atoms with E-state index in [2.05, 4.69) is 0 Å². The van der Waals surface area contributed by atoms with Crippen LogP contribution in [-0.2, 0) is 12.7 Å². The summed E-state index contributed by atoms with van der Waals surface area (Å²) in [6.07, 6.45) is -4.55. The van der Waals surface area contributed by atoms with Gasteiger partial charge in [0.2, 0.25) is 0 Å². The summed E-state index contributed by atoms with van der Waals surface area (Å²) >= 11 is 0. The highest BCUT2D eigenvalue weighted by molar-refractivity contribution is 5.60. The lowest BCUT2D eigenvalue weighted by Gasteiger charge is -2.35. The second kappa shape index (κ2) is 5.68. The maximum atomic E-state index is 12.9. The average molecular weight is 323 g/mol. The number of benzene rings is 2. The predicted octanol–water partition coefficient (Wildman–Crippen LogP) is 4.20. The Labute approximate surface area is 131 Å². The number of rotatable bonds is 2. The van der Waals surface area contributed by atoms with Crippen molar-refractivity contribution in [2.75, 3.05) is 11.4 Å². The minimum absolute atomic E-state index is 0.0655. The Hall–Kier alpha value is -2.37. The zero-order valence-corrected chi connectivity index (χ0v) is 12.5. The molecular formula is C17H16F3NO2. The molecule has 3 nitrogen and oxygen atoms in total. The first-order chi connectivity index (χ1) is 10.8. The number of alkyl halides is 3. The Balaban J connectivity index is 1.92. The summed E-state index contributed by atoms with van der Waals surface area (Å²) in [6, 6.07) is 10.6. The molecule has 0 radical (unpaired) electrons. The van der Waals surface area contributed by atoms with Crippen LogP contribution in [0.25, 0.3) is 0 Å². The van der Waals surface area contributed by atoms with E-state index in [1.165, 1.54) is 6.07 Å². The van der Waals surface area contributed by atoms with Crippen molar-refractivity contribution in [1.29, 1.82) is 0 Å². The molecule has 1 aliphatic heterocycles. The van der Waals surface area contributed by atoms with E-state index in [1.807, 2.05) is 36.1 Å². The van der Waals surface area contributed by atoms with Crippen LogP contribution in [-0.4, -0.2) is 17.8 Å². The van der Waals surface area contributed by atoms with Crippen LogP contribution in [0, 0.1) is 0 Å². The molecule has 0 aliphatic carbocycles. The topological polar surface area (TPSA) is 32.7 Å². The first-order valence-corrected chi connectivity index (χ1v) is 7.23. The third-order valence-electron chi connectivity index (χ3n) is 3.69. The number of fused-ring (bicyclic) bond motifs is 1. The Morgan fingerprint density at radius 3 is 2.70 bits per heavy atom. The molecule has 0 saturated carbocycles. The molecule has 6 heteroatoms. The van der Waals surface area contributed by atoms with Crippen molar-refractivity contribution >= 4 is 5.69 Å². The second-order valence-electron chi connectivity index (χ2n) is 5.66. The average Bonchev–Trinajstić information content (AvgIpc) is 2.45. The van der Waals surface area contributed by atoms with Crippen LogP contribution in [0.2, 0.25) is 0 Å². The van der Waals surface area contributed by atoms with Crippen LogP contribution in [0.3, 0.4) is 0 Å². The molecule has 0 aromatic heterocycles. The molecule has 0 spiro atoms. The number of nitrogens with zero attached hydrogens (tertiary/aromatic N) is 1. The fourth-order valence-corrected chi connectivity index (χ4v) is 2.78. The van der Waals surface area contributed by atoms with Crippen LogP contribution in [0.1, 0.15) is 18.1 Å². The van der Waals surface area contributed by atoms with E-state index in [0.717, 1.165) is 17.8 Å². The van der Waals surface area contributed by atoms with Crippen LogP contribution in [0.15, 0.2) is 42.5 Å². The predicted molar refractivity (Wildman–Crippen MR) is 80.7 cm³/mol. The largest absolute Gasteiger partial charge is 0.508 e. The summed E-state index contributed by atoms with van der Waals surface area (Å²) in [5.41, 5.74) is 0.394. The molecule has 1 atom stereocenters. The fraction of sp³-hybridized carbons (Fsp3) is 0.294. The van der Waals surface area contributed by atoms with E-state index >= 15 is 0 Å². The van der Waals surface area contributed by atoms with Gasteiger partial charge in [0.25, 0.3) is 0 Å². The van der Waals surface area contributed by atoms with Crippen molar-refractivity contribution in [3.05, 3.63) is 53.6 Å². The molecule has 0 saturated heterocycles. The van der Waals surface area contributed by atoms with E-state index < -0.39 is 11.7 Å². The van der Waals surface area contributed by atoms with Gasteiger partial charge in [-0.15, -0.1) is 0 Å². The summed E-state index contributed by atoms with van der Waals surface area (Å²) in [5, 5.41) is 9.59. The van der Waals surface area contributed by atoms with Crippen molar-refractivity contribution in [3.63, 3.8) is 0 Å². The SMILES string of the molecule is CC1CN(Cc2cc(O)cc(C(F)(F)F)c2)c2ccccc2O1. The van der Waals surface area contributed by atoms with Gasteiger partial charge in [-0.05, 0) is 42.8 Å². The van der Waals surface area contributed by atoms with Gasteiger partial charge in [-0.3, -0.25) is 0 Å². The summed E-state index contributed by atoms with van der Waals surface area (Å²) in [7, 11) is 0. The lowest BCUT2D eigenvalue weighted by atomic mass is 10.1. The minimum atomic E-state index is -4.48. The Bertz CT molecular complexity index is 715. The summed E-state index contributed by atoms with van der Waals surface area (Å²) in [4.78, 5) is 1.96. The quantitative estimate of drug-likeness (QED) is 0.899. The highest BCUT2D eigenvalue weighted by atomic mass is 19.4. The zero-order chi connectivity index (χ0) is 16.6. The zero-order valence-electron chi connectivity index (χ0n) is 12.5. The first kappa shape index (κ1) is 15.5. The number of anilines is 1. The summed E-state index contributed by atoms with van der Waals surface area (Å²) in [6.45, 7) is 2.74. The smallest absolute Gasteiger partial charge is 0.416 e. The van der Waals surface area contributed by atoms with Gasteiger partial charge in [-0.25, -0.2) is 0 Å². The molecule has 1 heterocycles.